The minimum absolute atomic E-state index is 0.0321. The van der Waals surface area contributed by atoms with Crippen LogP contribution in [0.3, 0.4) is 0 Å². The minimum Gasteiger partial charge on any atom is -0.496 e. The Kier molecular flexibility index (Phi) is 6.49. The van der Waals surface area contributed by atoms with Crippen LogP contribution in [0.1, 0.15) is 23.9 Å². The number of hydrogen-bond donors (Lipinski definition) is 0. The van der Waals surface area contributed by atoms with Crippen molar-refractivity contribution >= 4 is 5.91 Å². The van der Waals surface area contributed by atoms with E-state index in [9.17, 15) is 4.79 Å². The molecule has 0 radical (unpaired) electrons. The SMILES string of the molecule is CCOc1ccc(-c2noc(CN(C)C(=O)Cc3ccc(OC)c(C)c3)n2)cc1. The first kappa shape index (κ1) is 20.4. The van der Waals surface area contributed by atoms with Crippen LogP contribution >= 0.6 is 0 Å². The molecule has 7 heteroatoms. The van der Waals surface area contributed by atoms with Crippen LogP contribution < -0.4 is 9.47 Å². The molecule has 2 aromatic carbocycles. The van der Waals surface area contributed by atoms with E-state index in [1.54, 1.807) is 19.1 Å². The van der Waals surface area contributed by atoms with E-state index in [4.69, 9.17) is 14.0 Å². The van der Waals surface area contributed by atoms with E-state index in [1.807, 2.05) is 56.3 Å². The second kappa shape index (κ2) is 9.23. The second-order valence-corrected chi connectivity index (χ2v) is 6.70. The van der Waals surface area contributed by atoms with Crippen LogP contribution in [0.15, 0.2) is 47.0 Å². The molecule has 3 rings (SSSR count). The molecule has 1 heterocycles. The summed E-state index contributed by atoms with van der Waals surface area (Å²) in [4.78, 5) is 18.5. The van der Waals surface area contributed by atoms with Crippen molar-refractivity contribution in [3.63, 3.8) is 0 Å². The molecule has 0 saturated heterocycles. The van der Waals surface area contributed by atoms with E-state index in [0.29, 0.717) is 24.7 Å². The predicted molar refractivity (Wildman–Crippen MR) is 109 cm³/mol. The Labute approximate surface area is 170 Å². The molecule has 0 aliphatic carbocycles. The average Bonchev–Trinajstić information content (AvgIpc) is 3.17. The quantitative estimate of drug-likeness (QED) is 0.579. The molecule has 0 N–H and O–H groups in total. The number of carbonyl (C=O) groups is 1. The zero-order valence-corrected chi connectivity index (χ0v) is 17.1. The average molecular weight is 395 g/mol. The van der Waals surface area contributed by atoms with Gasteiger partial charge in [-0.15, -0.1) is 0 Å². The van der Waals surface area contributed by atoms with Gasteiger partial charge < -0.3 is 18.9 Å². The van der Waals surface area contributed by atoms with Crippen molar-refractivity contribution in [3.05, 3.63) is 59.5 Å². The molecule has 0 aliphatic heterocycles. The van der Waals surface area contributed by atoms with Crippen LogP contribution in [0.5, 0.6) is 11.5 Å². The summed E-state index contributed by atoms with van der Waals surface area (Å²) < 4.78 is 16.0. The summed E-state index contributed by atoms with van der Waals surface area (Å²) in [5.41, 5.74) is 2.75. The maximum Gasteiger partial charge on any atom is 0.246 e. The molecular weight excluding hydrogens is 370 g/mol. The zero-order chi connectivity index (χ0) is 20.8. The van der Waals surface area contributed by atoms with Crippen LogP contribution in [0, 0.1) is 6.92 Å². The summed E-state index contributed by atoms with van der Waals surface area (Å²) in [6.07, 6.45) is 0.293. The Morgan fingerprint density at radius 3 is 2.59 bits per heavy atom. The van der Waals surface area contributed by atoms with Gasteiger partial charge in [-0.3, -0.25) is 4.79 Å². The highest BCUT2D eigenvalue weighted by Crippen LogP contribution is 2.21. The fraction of sp³-hybridized carbons (Fsp3) is 0.318. The highest BCUT2D eigenvalue weighted by molar-refractivity contribution is 5.78. The molecule has 7 nitrogen and oxygen atoms in total. The lowest BCUT2D eigenvalue weighted by molar-refractivity contribution is -0.130. The number of amides is 1. The zero-order valence-electron chi connectivity index (χ0n) is 17.1. The standard InChI is InChI=1S/C22H25N3O4/c1-5-28-18-9-7-17(8-10-18)22-23-20(29-24-22)14-25(3)21(26)13-16-6-11-19(27-4)15(2)12-16/h6-12H,5,13-14H2,1-4H3. The van der Waals surface area contributed by atoms with Gasteiger partial charge in [0.2, 0.25) is 17.6 Å². The first-order valence-electron chi connectivity index (χ1n) is 9.43. The molecule has 1 aromatic heterocycles. The van der Waals surface area contributed by atoms with Crippen molar-refractivity contribution in [2.24, 2.45) is 0 Å². The van der Waals surface area contributed by atoms with Crippen molar-refractivity contribution < 1.29 is 18.8 Å². The Bertz CT molecular complexity index is 966. The molecule has 3 aromatic rings. The van der Waals surface area contributed by atoms with Crippen LogP contribution in [-0.2, 0) is 17.8 Å². The Morgan fingerprint density at radius 1 is 1.17 bits per heavy atom. The van der Waals surface area contributed by atoms with Crippen molar-refractivity contribution in [3.8, 4) is 22.9 Å². The number of ether oxygens (including phenoxy) is 2. The Hall–Kier alpha value is -3.35. The van der Waals surface area contributed by atoms with Gasteiger partial charge in [0.1, 0.15) is 11.5 Å². The van der Waals surface area contributed by atoms with Gasteiger partial charge in [0.05, 0.1) is 26.7 Å². The number of nitrogens with zero attached hydrogens (tertiary/aromatic N) is 3. The number of benzene rings is 2. The van der Waals surface area contributed by atoms with Gasteiger partial charge in [0.15, 0.2) is 0 Å². The lowest BCUT2D eigenvalue weighted by Crippen LogP contribution is -2.27. The number of rotatable bonds is 8. The topological polar surface area (TPSA) is 77.7 Å². The Morgan fingerprint density at radius 2 is 1.93 bits per heavy atom. The van der Waals surface area contributed by atoms with E-state index in [-0.39, 0.29) is 12.5 Å². The molecule has 0 spiro atoms. The van der Waals surface area contributed by atoms with Crippen molar-refractivity contribution in [1.29, 1.82) is 0 Å². The molecule has 29 heavy (non-hydrogen) atoms. The molecular formula is C22H25N3O4. The van der Waals surface area contributed by atoms with Crippen molar-refractivity contribution in [2.75, 3.05) is 20.8 Å². The van der Waals surface area contributed by atoms with Crippen LogP contribution in [0.2, 0.25) is 0 Å². The summed E-state index contributed by atoms with van der Waals surface area (Å²) in [6.45, 7) is 4.75. The predicted octanol–water partition coefficient (Wildman–Crippen LogP) is 3.65. The van der Waals surface area contributed by atoms with Gasteiger partial charge in [0, 0.05) is 12.6 Å². The third-order valence-electron chi connectivity index (χ3n) is 4.50. The van der Waals surface area contributed by atoms with E-state index >= 15 is 0 Å². The normalized spacial score (nSPS) is 10.6. The van der Waals surface area contributed by atoms with Gasteiger partial charge in [-0.1, -0.05) is 17.3 Å². The van der Waals surface area contributed by atoms with Crippen molar-refractivity contribution in [2.45, 2.75) is 26.8 Å². The molecule has 0 bridgehead atoms. The van der Waals surface area contributed by atoms with Crippen LogP contribution in [0.4, 0.5) is 0 Å². The van der Waals surface area contributed by atoms with Gasteiger partial charge in [-0.2, -0.15) is 4.98 Å². The molecule has 0 saturated carbocycles. The van der Waals surface area contributed by atoms with E-state index in [0.717, 1.165) is 28.2 Å². The summed E-state index contributed by atoms with van der Waals surface area (Å²) in [6, 6.07) is 13.2. The molecule has 0 unspecified atom stereocenters. The molecule has 0 fully saturated rings. The van der Waals surface area contributed by atoms with Gasteiger partial charge in [-0.05, 0) is 55.3 Å². The van der Waals surface area contributed by atoms with Crippen molar-refractivity contribution in [1.82, 2.24) is 15.0 Å². The monoisotopic (exact) mass is 395 g/mol. The van der Waals surface area contributed by atoms with Gasteiger partial charge in [0.25, 0.3) is 0 Å². The molecule has 0 aliphatic rings. The second-order valence-electron chi connectivity index (χ2n) is 6.70. The third kappa shape index (κ3) is 5.13. The first-order chi connectivity index (χ1) is 14.0. The number of methoxy groups -OCH3 is 1. The molecule has 0 atom stereocenters. The minimum atomic E-state index is -0.0321. The summed E-state index contributed by atoms with van der Waals surface area (Å²) in [5, 5.41) is 4.01. The van der Waals surface area contributed by atoms with E-state index < -0.39 is 0 Å². The molecule has 1 amide bonds. The maximum atomic E-state index is 12.5. The highest BCUT2D eigenvalue weighted by atomic mass is 16.5. The fourth-order valence-electron chi connectivity index (χ4n) is 2.95. The number of carbonyl (C=O) groups excluding carboxylic acids is 1. The summed E-state index contributed by atoms with van der Waals surface area (Å²) >= 11 is 0. The third-order valence-corrected chi connectivity index (χ3v) is 4.50. The van der Waals surface area contributed by atoms with Crippen LogP contribution in [-0.4, -0.2) is 41.7 Å². The lowest BCUT2D eigenvalue weighted by Gasteiger charge is -2.15. The summed E-state index contributed by atoms with van der Waals surface area (Å²) in [5.74, 6) is 2.43. The fourth-order valence-corrected chi connectivity index (χ4v) is 2.95. The van der Waals surface area contributed by atoms with Crippen LogP contribution in [0.25, 0.3) is 11.4 Å². The smallest absolute Gasteiger partial charge is 0.246 e. The first-order valence-corrected chi connectivity index (χ1v) is 9.43. The Balaban J connectivity index is 1.61. The number of hydrogen-bond acceptors (Lipinski definition) is 6. The van der Waals surface area contributed by atoms with E-state index in [2.05, 4.69) is 10.1 Å². The largest absolute Gasteiger partial charge is 0.496 e. The highest BCUT2D eigenvalue weighted by Gasteiger charge is 2.16. The van der Waals surface area contributed by atoms with Gasteiger partial charge >= 0.3 is 0 Å². The number of aryl methyl sites for hydroxylation is 1. The number of likely N-dealkylation sites (N-methyl/N-ethyl adjacent to an activating group) is 1. The summed E-state index contributed by atoms with van der Waals surface area (Å²) in [7, 11) is 3.35. The number of aromatic nitrogens is 2. The van der Waals surface area contributed by atoms with E-state index in [1.165, 1.54) is 0 Å². The molecule has 152 valence electrons. The lowest BCUT2D eigenvalue weighted by atomic mass is 10.1. The van der Waals surface area contributed by atoms with Gasteiger partial charge in [-0.25, -0.2) is 0 Å². The maximum absolute atomic E-state index is 12.5.